The lowest BCUT2D eigenvalue weighted by Gasteiger charge is -2.37. The van der Waals surface area contributed by atoms with E-state index in [9.17, 15) is 9.59 Å². The molecule has 0 radical (unpaired) electrons. The minimum absolute atomic E-state index is 0.0261. The molecule has 0 aliphatic carbocycles. The summed E-state index contributed by atoms with van der Waals surface area (Å²) in [6, 6.07) is 2.72. The molecule has 0 unspecified atom stereocenters. The summed E-state index contributed by atoms with van der Waals surface area (Å²) < 4.78 is 0.0261. The summed E-state index contributed by atoms with van der Waals surface area (Å²) >= 11 is 1.84. The number of amides is 1. The van der Waals surface area contributed by atoms with Crippen molar-refractivity contribution in [1.82, 2.24) is 9.88 Å². The van der Waals surface area contributed by atoms with Gasteiger partial charge in [0.15, 0.2) is 0 Å². The molecular formula is C13H16N2O3S. The summed E-state index contributed by atoms with van der Waals surface area (Å²) in [7, 11) is 0. The van der Waals surface area contributed by atoms with Crippen LogP contribution in [0.5, 0.6) is 0 Å². The number of nitrogens with zero attached hydrogens (tertiary/aromatic N) is 2. The fourth-order valence-electron chi connectivity index (χ4n) is 2.03. The molecule has 0 aromatic carbocycles. The largest absolute Gasteiger partial charge is 0.478 e. The maximum absolute atomic E-state index is 12.3. The molecule has 1 aliphatic rings. The molecule has 1 aliphatic heterocycles. The highest BCUT2D eigenvalue weighted by molar-refractivity contribution is 8.00. The molecule has 1 aromatic heterocycles. The van der Waals surface area contributed by atoms with E-state index in [0.29, 0.717) is 13.1 Å². The zero-order valence-electron chi connectivity index (χ0n) is 10.9. The molecule has 0 bridgehead atoms. The highest BCUT2D eigenvalue weighted by Crippen LogP contribution is 2.30. The van der Waals surface area contributed by atoms with E-state index in [0.717, 1.165) is 5.75 Å². The van der Waals surface area contributed by atoms with Crippen molar-refractivity contribution < 1.29 is 14.7 Å². The molecule has 0 atom stereocenters. The van der Waals surface area contributed by atoms with Gasteiger partial charge in [-0.25, -0.2) is 4.79 Å². The van der Waals surface area contributed by atoms with Crippen molar-refractivity contribution >= 4 is 23.6 Å². The number of aromatic nitrogens is 1. The maximum atomic E-state index is 12.3. The lowest BCUT2D eigenvalue weighted by molar-refractivity contribution is 0.0696. The Morgan fingerprint density at radius 2 is 2.21 bits per heavy atom. The van der Waals surface area contributed by atoms with Gasteiger partial charge in [0, 0.05) is 29.8 Å². The minimum Gasteiger partial charge on any atom is -0.478 e. The molecule has 1 fully saturated rings. The number of carbonyl (C=O) groups is 2. The number of hydrogen-bond donors (Lipinski definition) is 1. The molecule has 1 saturated heterocycles. The van der Waals surface area contributed by atoms with E-state index in [4.69, 9.17) is 5.11 Å². The monoisotopic (exact) mass is 280 g/mol. The van der Waals surface area contributed by atoms with Crippen LogP contribution in [0.4, 0.5) is 0 Å². The van der Waals surface area contributed by atoms with E-state index in [1.54, 1.807) is 4.90 Å². The van der Waals surface area contributed by atoms with Gasteiger partial charge >= 0.3 is 5.97 Å². The third kappa shape index (κ3) is 3.26. The normalized spacial score (nSPS) is 18.1. The van der Waals surface area contributed by atoms with Crippen molar-refractivity contribution in [3.8, 4) is 0 Å². The summed E-state index contributed by atoms with van der Waals surface area (Å²) in [6.45, 7) is 5.51. The fraction of sp³-hybridized carbons (Fsp3) is 0.462. The van der Waals surface area contributed by atoms with Crippen LogP contribution in [0.2, 0.25) is 0 Å². The Balaban J connectivity index is 2.19. The summed E-state index contributed by atoms with van der Waals surface area (Å²) in [5.74, 6) is -0.361. The van der Waals surface area contributed by atoms with Gasteiger partial charge in [-0.1, -0.05) is 0 Å². The lowest BCUT2D eigenvalue weighted by atomic mass is 10.1. The van der Waals surface area contributed by atoms with Gasteiger partial charge in [-0.15, -0.1) is 0 Å². The highest BCUT2D eigenvalue weighted by Gasteiger charge is 2.30. The lowest BCUT2D eigenvalue weighted by Crippen LogP contribution is -2.46. The van der Waals surface area contributed by atoms with Crippen molar-refractivity contribution in [3.05, 3.63) is 29.6 Å². The number of carboxylic acids is 1. The quantitative estimate of drug-likeness (QED) is 0.893. The van der Waals surface area contributed by atoms with E-state index >= 15 is 0 Å². The first kappa shape index (κ1) is 13.9. The van der Waals surface area contributed by atoms with Crippen molar-refractivity contribution in [3.63, 3.8) is 0 Å². The maximum Gasteiger partial charge on any atom is 0.335 e. The van der Waals surface area contributed by atoms with Crippen molar-refractivity contribution in [1.29, 1.82) is 0 Å². The Labute approximate surface area is 116 Å². The second-order valence-corrected chi connectivity index (χ2v) is 6.87. The Kier molecular flexibility index (Phi) is 3.80. The first-order valence-corrected chi connectivity index (χ1v) is 7.00. The van der Waals surface area contributed by atoms with Gasteiger partial charge in [-0.2, -0.15) is 11.8 Å². The Morgan fingerprint density at radius 3 is 2.84 bits per heavy atom. The molecule has 1 aromatic rings. The number of aromatic carboxylic acids is 1. The molecule has 1 amide bonds. The fourth-order valence-corrected chi connectivity index (χ4v) is 3.14. The summed E-state index contributed by atoms with van der Waals surface area (Å²) in [6.07, 6.45) is 1.36. The van der Waals surface area contributed by atoms with Gasteiger partial charge in [0.25, 0.3) is 5.91 Å². The van der Waals surface area contributed by atoms with Gasteiger partial charge in [0.05, 0.1) is 5.56 Å². The number of pyridine rings is 1. The topological polar surface area (TPSA) is 70.5 Å². The van der Waals surface area contributed by atoms with E-state index in [1.807, 2.05) is 11.8 Å². The van der Waals surface area contributed by atoms with Gasteiger partial charge in [-0.3, -0.25) is 9.78 Å². The predicted molar refractivity (Wildman–Crippen MR) is 73.6 cm³/mol. The molecule has 0 saturated carbocycles. The second kappa shape index (κ2) is 5.21. The summed E-state index contributed by atoms with van der Waals surface area (Å²) in [4.78, 5) is 28.9. The Hall–Kier alpha value is -1.56. The molecule has 19 heavy (non-hydrogen) atoms. The zero-order chi connectivity index (χ0) is 14.0. The van der Waals surface area contributed by atoms with E-state index in [1.165, 1.54) is 18.3 Å². The highest BCUT2D eigenvalue weighted by atomic mass is 32.2. The van der Waals surface area contributed by atoms with Gasteiger partial charge < -0.3 is 10.0 Å². The summed E-state index contributed by atoms with van der Waals surface area (Å²) in [5, 5.41) is 8.93. The van der Waals surface area contributed by atoms with Crippen molar-refractivity contribution in [2.24, 2.45) is 0 Å². The van der Waals surface area contributed by atoms with Gasteiger partial charge in [-0.05, 0) is 26.0 Å². The van der Waals surface area contributed by atoms with Gasteiger partial charge in [0.2, 0.25) is 0 Å². The van der Waals surface area contributed by atoms with Crippen LogP contribution >= 0.6 is 11.8 Å². The molecule has 2 rings (SSSR count). The van der Waals surface area contributed by atoms with Gasteiger partial charge in [0.1, 0.15) is 5.69 Å². The third-order valence-corrected chi connectivity index (χ3v) is 4.24. The third-order valence-electron chi connectivity index (χ3n) is 2.94. The average Bonchev–Trinajstić information content (AvgIpc) is 2.37. The summed E-state index contributed by atoms with van der Waals surface area (Å²) in [5.41, 5.74) is 0.284. The minimum atomic E-state index is -1.05. The van der Waals surface area contributed by atoms with Crippen LogP contribution in [0, 0.1) is 0 Å². The number of rotatable bonds is 2. The molecule has 6 heteroatoms. The number of carboxylic acid groups (broad SMARTS) is 1. The van der Waals surface area contributed by atoms with Crippen molar-refractivity contribution in [2.45, 2.75) is 18.6 Å². The molecule has 1 N–H and O–H groups in total. The molecule has 102 valence electrons. The first-order chi connectivity index (χ1) is 8.89. The van der Waals surface area contributed by atoms with E-state index in [2.05, 4.69) is 18.8 Å². The van der Waals surface area contributed by atoms with Crippen LogP contribution in [-0.4, -0.2) is 50.5 Å². The van der Waals surface area contributed by atoms with Crippen LogP contribution in [0.3, 0.4) is 0 Å². The SMILES string of the molecule is CC1(C)CN(C(=O)c2cc(C(=O)O)ccn2)CCS1. The predicted octanol–water partition coefficient (Wildman–Crippen LogP) is 1.75. The molecule has 5 nitrogen and oxygen atoms in total. The number of hydrogen-bond acceptors (Lipinski definition) is 4. The van der Waals surface area contributed by atoms with Crippen molar-refractivity contribution in [2.75, 3.05) is 18.8 Å². The smallest absolute Gasteiger partial charge is 0.335 e. The Bertz CT molecular complexity index is 516. The van der Waals surface area contributed by atoms with Crippen LogP contribution in [0.15, 0.2) is 18.3 Å². The van der Waals surface area contributed by atoms with E-state index < -0.39 is 5.97 Å². The standard InChI is InChI=1S/C13H16N2O3S/c1-13(2)8-15(5-6-19-13)11(16)10-7-9(12(17)18)3-4-14-10/h3-4,7H,5-6,8H2,1-2H3,(H,17,18). The zero-order valence-corrected chi connectivity index (χ0v) is 11.7. The molecule has 0 spiro atoms. The molecule has 2 heterocycles. The van der Waals surface area contributed by atoms with Crippen LogP contribution in [0.25, 0.3) is 0 Å². The van der Waals surface area contributed by atoms with E-state index in [-0.39, 0.29) is 21.9 Å². The van der Waals surface area contributed by atoms with Crippen LogP contribution < -0.4 is 0 Å². The van der Waals surface area contributed by atoms with Crippen LogP contribution in [0.1, 0.15) is 34.7 Å². The molecular weight excluding hydrogens is 264 g/mol. The number of thioether (sulfide) groups is 1. The second-order valence-electron chi connectivity index (χ2n) is 5.07. The Morgan fingerprint density at radius 1 is 1.47 bits per heavy atom. The number of carbonyl (C=O) groups excluding carboxylic acids is 1. The first-order valence-electron chi connectivity index (χ1n) is 6.02. The average molecular weight is 280 g/mol. The van der Waals surface area contributed by atoms with Crippen LogP contribution in [-0.2, 0) is 0 Å².